The lowest BCUT2D eigenvalue weighted by atomic mass is 10.2. The summed E-state index contributed by atoms with van der Waals surface area (Å²) in [6.07, 6.45) is 0. The van der Waals surface area contributed by atoms with Crippen molar-refractivity contribution in [3.63, 3.8) is 0 Å². The minimum atomic E-state index is -0.483. The maximum absolute atomic E-state index is 10.8. The average Bonchev–Trinajstić information content (AvgIpc) is 2.36. The summed E-state index contributed by atoms with van der Waals surface area (Å²) in [4.78, 5) is 12.5. The first-order chi connectivity index (χ1) is 8.58. The summed E-state index contributed by atoms with van der Waals surface area (Å²) >= 11 is 0. The molecule has 1 rings (SSSR count). The molecule has 1 aromatic rings. The van der Waals surface area contributed by atoms with Crippen molar-refractivity contribution < 1.29 is 9.66 Å². The minimum absolute atomic E-state index is 0.0884. The predicted octanol–water partition coefficient (Wildman–Crippen LogP) is 1.90. The second kappa shape index (κ2) is 6.80. The molecule has 0 bridgehead atoms. The third-order valence-electron chi connectivity index (χ3n) is 2.74. The van der Waals surface area contributed by atoms with Crippen LogP contribution < -0.4 is 10.5 Å². The highest BCUT2D eigenvalue weighted by molar-refractivity contribution is 5.56. The SMILES string of the molecule is CCN(CC)CCOc1ccc(N)cc1[N+](=O)[O-]. The Labute approximate surface area is 106 Å². The number of hydrogen-bond acceptors (Lipinski definition) is 5. The molecule has 2 N–H and O–H groups in total. The van der Waals surface area contributed by atoms with Crippen molar-refractivity contribution in [3.05, 3.63) is 28.3 Å². The van der Waals surface area contributed by atoms with Crippen LogP contribution in [0.25, 0.3) is 0 Å². The maximum Gasteiger partial charge on any atom is 0.312 e. The Bertz CT molecular complexity index is 406. The van der Waals surface area contributed by atoms with E-state index in [0.29, 0.717) is 12.3 Å². The lowest BCUT2D eigenvalue weighted by molar-refractivity contribution is -0.385. The molecule has 0 aliphatic rings. The Hall–Kier alpha value is -1.82. The molecule has 0 atom stereocenters. The number of nitro benzene ring substituents is 1. The highest BCUT2D eigenvalue weighted by Gasteiger charge is 2.15. The Balaban J connectivity index is 2.64. The molecule has 0 heterocycles. The molecule has 0 unspecified atom stereocenters. The lowest BCUT2D eigenvalue weighted by Crippen LogP contribution is -2.28. The number of benzene rings is 1. The predicted molar refractivity (Wildman–Crippen MR) is 70.8 cm³/mol. The van der Waals surface area contributed by atoms with E-state index in [1.165, 1.54) is 12.1 Å². The van der Waals surface area contributed by atoms with Crippen molar-refractivity contribution in [1.29, 1.82) is 0 Å². The van der Waals surface area contributed by atoms with E-state index in [-0.39, 0.29) is 11.4 Å². The number of nitrogen functional groups attached to an aromatic ring is 1. The molecule has 0 fully saturated rings. The zero-order valence-corrected chi connectivity index (χ0v) is 10.8. The van der Waals surface area contributed by atoms with Gasteiger partial charge in [0.2, 0.25) is 0 Å². The van der Waals surface area contributed by atoms with Crippen LogP contribution in [0.5, 0.6) is 5.75 Å². The Kier molecular flexibility index (Phi) is 5.38. The van der Waals surface area contributed by atoms with Gasteiger partial charge in [-0.1, -0.05) is 13.8 Å². The monoisotopic (exact) mass is 253 g/mol. The molecule has 6 nitrogen and oxygen atoms in total. The van der Waals surface area contributed by atoms with Crippen LogP contribution >= 0.6 is 0 Å². The molecule has 0 aliphatic carbocycles. The van der Waals surface area contributed by atoms with Crippen LogP contribution in [-0.2, 0) is 0 Å². The second-order valence-electron chi connectivity index (χ2n) is 3.86. The number of nitrogens with zero attached hydrogens (tertiary/aromatic N) is 2. The minimum Gasteiger partial charge on any atom is -0.485 e. The standard InChI is InChI=1S/C12H19N3O3/c1-3-14(4-2)7-8-18-12-6-5-10(13)9-11(12)15(16)17/h5-6,9H,3-4,7-8,13H2,1-2H3. The van der Waals surface area contributed by atoms with Crippen molar-refractivity contribution in [3.8, 4) is 5.75 Å². The molecule has 0 spiro atoms. The first kappa shape index (κ1) is 14.2. The second-order valence-corrected chi connectivity index (χ2v) is 3.86. The maximum atomic E-state index is 10.8. The van der Waals surface area contributed by atoms with Crippen LogP contribution in [0, 0.1) is 10.1 Å². The fraction of sp³-hybridized carbons (Fsp3) is 0.500. The average molecular weight is 253 g/mol. The lowest BCUT2D eigenvalue weighted by Gasteiger charge is -2.17. The van der Waals surface area contributed by atoms with Gasteiger partial charge in [-0.25, -0.2) is 0 Å². The van der Waals surface area contributed by atoms with Crippen LogP contribution in [0.2, 0.25) is 0 Å². The van der Waals surface area contributed by atoms with Crippen molar-refractivity contribution in [2.24, 2.45) is 0 Å². The van der Waals surface area contributed by atoms with E-state index < -0.39 is 4.92 Å². The number of likely N-dealkylation sites (N-methyl/N-ethyl adjacent to an activating group) is 1. The van der Waals surface area contributed by atoms with E-state index in [1.54, 1.807) is 6.07 Å². The normalized spacial score (nSPS) is 10.6. The first-order valence-corrected chi connectivity index (χ1v) is 5.97. The molecular formula is C12H19N3O3. The number of hydrogen-bond donors (Lipinski definition) is 1. The highest BCUT2D eigenvalue weighted by atomic mass is 16.6. The van der Waals surface area contributed by atoms with Crippen molar-refractivity contribution in [2.75, 3.05) is 32.0 Å². The number of ether oxygens (including phenoxy) is 1. The van der Waals surface area contributed by atoms with Crippen LogP contribution in [0.1, 0.15) is 13.8 Å². The summed E-state index contributed by atoms with van der Waals surface area (Å²) in [6, 6.07) is 4.45. The smallest absolute Gasteiger partial charge is 0.312 e. The summed E-state index contributed by atoms with van der Waals surface area (Å²) in [6.45, 7) is 7.17. The molecule has 1 aromatic carbocycles. The third-order valence-corrected chi connectivity index (χ3v) is 2.74. The topological polar surface area (TPSA) is 81.6 Å². The van der Waals surface area contributed by atoms with Crippen LogP contribution in [0.3, 0.4) is 0 Å². The Morgan fingerprint density at radius 2 is 2.06 bits per heavy atom. The summed E-state index contributed by atoms with van der Waals surface area (Å²) in [5.41, 5.74) is 5.79. The summed E-state index contributed by atoms with van der Waals surface area (Å²) in [5.74, 6) is 0.265. The third kappa shape index (κ3) is 3.89. The van der Waals surface area contributed by atoms with E-state index in [4.69, 9.17) is 10.5 Å². The van der Waals surface area contributed by atoms with Gasteiger partial charge in [0.1, 0.15) is 6.61 Å². The summed E-state index contributed by atoms with van der Waals surface area (Å²) in [7, 11) is 0. The van der Waals surface area contributed by atoms with Gasteiger partial charge in [-0.3, -0.25) is 10.1 Å². The molecule has 18 heavy (non-hydrogen) atoms. The summed E-state index contributed by atoms with van der Waals surface area (Å²) < 4.78 is 5.45. The van der Waals surface area contributed by atoms with Gasteiger partial charge in [0.15, 0.2) is 5.75 Å². The van der Waals surface area contributed by atoms with Crippen LogP contribution in [0.4, 0.5) is 11.4 Å². The zero-order valence-electron chi connectivity index (χ0n) is 10.8. The van der Waals surface area contributed by atoms with Gasteiger partial charge in [-0.05, 0) is 25.2 Å². The summed E-state index contributed by atoms with van der Waals surface area (Å²) in [5, 5.41) is 10.8. The number of anilines is 1. The van der Waals surface area contributed by atoms with Crippen LogP contribution in [-0.4, -0.2) is 36.1 Å². The Morgan fingerprint density at radius 3 is 2.61 bits per heavy atom. The molecule has 6 heteroatoms. The van der Waals surface area contributed by atoms with Gasteiger partial charge in [0, 0.05) is 18.3 Å². The Morgan fingerprint density at radius 1 is 1.39 bits per heavy atom. The van der Waals surface area contributed by atoms with Gasteiger partial charge in [0.05, 0.1) is 4.92 Å². The number of nitrogens with two attached hydrogens (primary N) is 1. The largest absolute Gasteiger partial charge is 0.485 e. The molecule has 0 radical (unpaired) electrons. The van der Waals surface area contributed by atoms with E-state index >= 15 is 0 Å². The zero-order chi connectivity index (χ0) is 13.5. The molecule has 0 saturated carbocycles. The van der Waals surface area contributed by atoms with Gasteiger partial charge < -0.3 is 15.4 Å². The van der Waals surface area contributed by atoms with Gasteiger partial charge >= 0.3 is 5.69 Å². The quantitative estimate of drug-likeness (QED) is 0.456. The fourth-order valence-corrected chi connectivity index (χ4v) is 1.62. The van der Waals surface area contributed by atoms with E-state index in [1.807, 2.05) is 0 Å². The molecule has 0 saturated heterocycles. The molecule has 100 valence electrons. The molecule has 0 aromatic heterocycles. The number of rotatable bonds is 7. The van der Waals surface area contributed by atoms with Gasteiger partial charge in [-0.2, -0.15) is 0 Å². The van der Waals surface area contributed by atoms with Crippen molar-refractivity contribution in [1.82, 2.24) is 4.90 Å². The molecule has 0 amide bonds. The van der Waals surface area contributed by atoms with Gasteiger partial charge in [0.25, 0.3) is 0 Å². The van der Waals surface area contributed by atoms with E-state index in [9.17, 15) is 10.1 Å². The van der Waals surface area contributed by atoms with Crippen molar-refractivity contribution >= 4 is 11.4 Å². The molecule has 0 aliphatic heterocycles. The highest BCUT2D eigenvalue weighted by Crippen LogP contribution is 2.28. The van der Waals surface area contributed by atoms with Gasteiger partial charge in [-0.15, -0.1) is 0 Å². The van der Waals surface area contributed by atoms with Crippen LogP contribution in [0.15, 0.2) is 18.2 Å². The van der Waals surface area contributed by atoms with Crippen molar-refractivity contribution in [2.45, 2.75) is 13.8 Å². The fourth-order valence-electron chi connectivity index (χ4n) is 1.62. The number of nitro groups is 1. The van der Waals surface area contributed by atoms with E-state index in [2.05, 4.69) is 18.7 Å². The first-order valence-electron chi connectivity index (χ1n) is 5.97. The van der Waals surface area contributed by atoms with E-state index in [0.717, 1.165) is 19.6 Å². The molecular weight excluding hydrogens is 234 g/mol.